The van der Waals surface area contributed by atoms with Gasteiger partial charge < -0.3 is 0 Å². The van der Waals surface area contributed by atoms with Crippen LogP contribution in [0.4, 0.5) is 10.5 Å². The van der Waals surface area contributed by atoms with Crippen LogP contribution in [0.3, 0.4) is 0 Å². The SMILES string of the molecule is O=CN(c1ccccc1)C1SC(=O)NC1=O. The molecule has 82 valence electrons. The predicted octanol–water partition coefficient (Wildman–Crippen LogP) is 0.958. The third-order valence-corrected chi connectivity index (χ3v) is 3.07. The van der Waals surface area contributed by atoms with E-state index in [1.807, 2.05) is 0 Å². The van der Waals surface area contributed by atoms with Crippen LogP contribution >= 0.6 is 11.8 Å². The smallest absolute Gasteiger partial charge is 0.288 e. The summed E-state index contributed by atoms with van der Waals surface area (Å²) in [7, 11) is 0. The van der Waals surface area contributed by atoms with E-state index in [-0.39, 0.29) is 0 Å². The van der Waals surface area contributed by atoms with Crippen molar-refractivity contribution in [1.29, 1.82) is 0 Å². The zero-order valence-electron chi connectivity index (χ0n) is 8.12. The fourth-order valence-electron chi connectivity index (χ4n) is 1.38. The van der Waals surface area contributed by atoms with E-state index < -0.39 is 16.5 Å². The zero-order chi connectivity index (χ0) is 11.5. The number of benzene rings is 1. The van der Waals surface area contributed by atoms with Gasteiger partial charge in [-0.2, -0.15) is 0 Å². The molecule has 0 spiro atoms. The van der Waals surface area contributed by atoms with Gasteiger partial charge in [-0.15, -0.1) is 0 Å². The van der Waals surface area contributed by atoms with Gasteiger partial charge in [-0.25, -0.2) is 0 Å². The Kier molecular flexibility index (Phi) is 2.91. The molecule has 1 aliphatic rings. The van der Waals surface area contributed by atoms with Gasteiger partial charge >= 0.3 is 0 Å². The molecule has 1 heterocycles. The second kappa shape index (κ2) is 4.36. The summed E-state index contributed by atoms with van der Waals surface area (Å²) in [5, 5.41) is 0.891. The minimum atomic E-state index is -0.813. The number of hydrogen-bond acceptors (Lipinski definition) is 4. The highest BCUT2D eigenvalue weighted by molar-refractivity contribution is 8.15. The highest BCUT2D eigenvalue weighted by Gasteiger charge is 2.36. The first kappa shape index (κ1) is 10.7. The molecule has 16 heavy (non-hydrogen) atoms. The van der Waals surface area contributed by atoms with Crippen LogP contribution in [0.1, 0.15) is 0 Å². The van der Waals surface area contributed by atoms with Crippen molar-refractivity contribution < 1.29 is 14.4 Å². The van der Waals surface area contributed by atoms with Gasteiger partial charge in [0.05, 0.1) is 0 Å². The largest absolute Gasteiger partial charge is 0.293 e. The highest BCUT2D eigenvalue weighted by atomic mass is 32.2. The maximum atomic E-state index is 11.4. The molecule has 1 fully saturated rings. The molecule has 6 heteroatoms. The molecule has 0 aromatic heterocycles. The summed E-state index contributed by atoms with van der Waals surface area (Å²) in [5.74, 6) is -0.467. The number of para-hydroxylation sites is 1. The Morgan fingerprint density at radius 2 is 1.94 bits per heavy atom. The molecular formula is C10H8N2O3S. The number of imide groups is 1. The molecule has 1 aromatic carbocycles. The molecule has 0 aliphatic carbocycles. The number of amides is 3. The molecule has 0 saturated carbocycles. The summed E-state index contributed by atoms with van der Waals surface area (Å²) in [5.41, 5.74) is 0.583. The number of nitrogens with zero attached hydrogens (tertiary/aromatic N) is 1. The average Bonchev–Trinajstić information content (AvgIpc) is 2.61. The number of nitrogens with one attached hydrogen (secondary N) is 1. The molecule has 0 bridgehead atoms. The molecule has 0 radical (unpaired) electrons. The number of carbonyl (C=O) groups excluding carboxylic acids is 3. The van der Waals surface area contributed by atoms with Gasteiger partial charge in [0, 0.05) is 5.69 Å². The first-order chi connectivity index (χ1) is 7.72. The van der Waals surface area contributed by atoms with Crippen molar-refractivity contribution in [2.24, 2.45) is 0 Å². The number of rotatable bonds is 3. The maximum Gasteiger partial charge on any atom is 0.288 e. The summed E-state index contributed by atoms with van der Waals surface area (Å²) < 4.78 is 0. The molecule has 1 atom stereocenters. The molecule has 1 aliphatic heterocycles. The minimum Gasteiger partial charge on any atom is -0.293 e. The molecule has 1 N–H and O–H groups in total. The average molecular weight is 236 g/mol. The number of anilines is 1. The Morgan fingerprint density at radius 3 is 2.44 bits per heavy atom. The highest BCUT2D eigenvalue weighted by Crippen LogP contribution is 2.26. The quantitative estimate of drug-likeness (QED) is 0.794. The van der Waals surface area contributed by atoms with Crippen molar-refractivity contribution in [3.8, 4) is 0 Å². The Bertz CT molecular complexity index is 435. The lowest BCUT2D eigenvalue weighted by Gasteiger charge is -2.20. The van der Waals surface area contributed by atoms with Crippen LogP contribution < -0.4 is 10.2 Å². The number of carbonyl (C=O) groups is 3. The van der Waals surface area contributed by atoms with Crippen LogP contribution in [0.5, 0.6) is 0 Å². The van der Waals surface area contributed by atoms with E-state index in [9.17, 15) is 14.4 Å². The van der Waals surface area contributed by atoms with E-state index in [1.54, 1.807) is 30.3 Å². The van der Waals surface area contributed by atoms with Gasteiger partial charge in [0.1, 0.15) is 0 Å². The number of hydrogen-bond donors (Lipinski definition) is 1. The van der Waals surface area contributed by atoms with Crippen LogP contribution in [0.2, 0.25) is 0 Å². The minimum absolute atomic E-state index is 0.433. The van der Waals surface area contributed by atoms with Gasteiger partial charge in [-0.1, -0.05) is 18.2 Å². The Labute approximate surface area is 95.8 Å². The van der Waals surface area contributed by atoms with Crippen LogP contribution in [0.15, 0.2) is 30.3 Å². The third-order valence-electron chi connectivity index (χ3n) is 2.09. The molecule has 2 rings (SSSR count). The predicted molar refractivity (Wildman–Crippen MR) is 59.9 cm³/mol. The molecule has 1 saturated heterocycles. The second-order valence-electron chi connectivity index (χ2n) is 3.10. The van der Waals surface area contributed by atoms with Crippen molar-refractivity contribution in [2.45, 2.75) is 5.37 Å². The van der Waals surface area contributed by atoms with Crippen LogP contribution in [0, 0.1) is 0 Å². The van der Waals surface area contributed by atoms with E-state index in [1.165, 1.54) is 4.90 Å². The van der Waals surface area contributed by atoms with Crippen molar-refractivity contribution >= 4 is 35.0 Å². The maximum absolute atomic E-state index is 11.4. The summed E-state index contributed by atoms with van der Waals surface area (Å²) in [6, 6.07) is 8.71. The number of thioether (sulfide) groups is 1. The van der Waals surface area contributed by atoms with E-state index in [0.717, 1.165) is 11.8 Å². The summed E-state index contributed by atoms with van der Waals surface area (Å²) >= 11 is 0.796. The van der Waals surface area contributed by atoms with Crippen LogP contribution in [-0.4, -0.2) is 22.9 Å². The topological polar surface area (TPSA) is 66.5 Å². The second-order valence-corrected chi connectivity index (χ2v) is 4.15. The van der Waals surface area contributed by atoms with Gasteiger partial charge in [0.2, 0.25) is 6.41 Å². The van der Waals surface area contributed by atoms with E-state index in [0.29, 0.717) is 12.1 Å². The van der Waals surface area contributed by atoms with Gasteiger partial charge in [0.25, 0.3) is 11.1 Å². The van der Waals surface area contributed by atoms with Gasteiger partial charge in [-0.05, 0) is 23.9 Å². The Morgan fingerprint density at radius 1 is 1.25 bits per heavy atom. The summed E-state index contributed by atoms with van der Waals surface area (Å²) in [6.07, 6.45) is 0.547. The van der Waals surface area contributed by atoms with Crippen molar-refractivity contribution in [3.05, 3.63) is 30.3 Å². The van der Waals surface area contributed by atoms with Gasteiger partial charge in [0.15, 0.2) is 5.37 Å². The van der Waals surface area contributed by atoms with Crippen molar-refractivity contribution in [2.75, 3.05) is 4.90 Å². The lowest BCUT2D eigenvalue weighted by Crippen LogP contribution is -2.38. The van der Waals surface area contributed by atoms with E-state index in [2.05, 4.69) is 5.32 Å². The van der Waals surface area contributed by atoms with E-state index >= 15 is 0 Å². The molecule has 3 amide bonds. The van der Waals surface area contributed by atoms with Crippen LogP contribution in [-0.2, 0) is 9.59 Å². The summed E-state index contributed by atoms with van der Waals surface area (Å²) in [4.78, 5) is 34.6. The van der Waals surface area contributed by atoms with Gasteiger partial charge in [-0.3, -0.25) is 24.6 Å². The standard InChI is InChI=1S/C10H8N2O3S/c13-6-12(7-4-2-1-3-5-7)9-8(14)11-10(15)16-9/h1-6,9H,(H,11,14,15). The lowest BCUT2D eigenvalue weighted by molar-refractivity contribution is -0.120. The third kappa shape index (κ3) is 1.92. The lowest BCUT2D eigenvalue weighted by atomic mass is 10.3. The fraction of sp³-hybridized carbons (Fsp3) is 0.100. The zero-order valence-corrected chi connectivity index (χ0v) is 8.94. The normalized spacial score (nSPS) is 19.4. The first-order valence-corrected chi connectivity index (χ1v) is 5.40. The van der Waals surface area contributed by atoms with Crippen molar-refractivity contribution in [3.63, 3.8) is 0 Å². The summed E-state index contributed by atoms with van der Waals surface area (Å²) in [6.45, 7) is 0. The van der Waals surface area contributed by atoms with Crippen molar-refractivity contribution in [1.82, 2.24) is 5.32 Å². The molecule has 1 unspecified atom stereocenters. The Hall–Kier alpha value is -1.82. The monoisotopic (exact) mass is 236 g/mol. The Balaban J connectivity index is 2.27. The van der Waals surface area contributed by atoms with E-state index in [4.69, 9.17) is 0 Å². The molecule has 5 nitrogen and oxygen atoms in total. The fourth-order valence-corrected chi connectivity index (χ4v) is 2.19. The van der Waals surface area contributed by atoms with Crippen LogP contribution in [0.25, 0.3) is 0 Å². The molecule has 1 aromatic rings. The first-order valence-electron chi connectivity index (χ1n) is 4.52. The molecular weight excluding hydrogens is 228 g/mol.